The molecule has 1 saturated carbocycles. The highest BCUT2D eigenvalue weighted by molar-refractivity contribution is 8.00. The SMILES string of the molecule is CC1CC(C)CC(Sc2ccc(N)cc2)C1. The molecule has 0 aromatic heterocycles. The molecule has 1 aromatic rings. The van der Waals surface area contributed by atoms with Gasteiger partial charge in [0.25, 0.3) is 0 Å². The summed E-state index contributed by atoms with van der Waals surface area (Å²) in [5.41, 5.74) is 6.55. The van der Waals surface area contributed by atoms with Gasteiger partial charge in [-0.3, -0.25) is 0 Å². The van der Waals surface area contributed by atoms with E-state index < -0.39 is 0 Å². The third-order valence-corrected chi connectivity index (χ3v) is 4.58. The summed E-state index contributed by atoms with van der Waals surface area (Å²) < 4.78 is 0. The Morgan fingerprint density at radius 2 is 1.56 bits per heavy atom. The monoisotopic (exact) mass is 235 g/mol. The predicted octanol–water partition coefficient (Wildman–Crippen LogP) is 4.19. The average Bonchev–Trinajstić information content (AvgIpc) is 2.20. The van der Waals surface area contributed by atoms with Gasteiger partial charge in [0.15, 0.2) is 0 Å². The van der Waals surface area contributed by atoms with Crippen LogP contribution in [-0.4, -0.2) is 5.25 Å². The minimum absolute atomic E-state index is 0.794. The lowest BCUT2D eigenvalue weighted by Crippen LogP contribution is -2.21. The quantitative estimate of drug-likeness (QED) is 0.778. The van der Waals surface area contributed by atoms with Crippen molar-refractivity contribution in [1.82, 2.24) is 0 Å². The number of hydrogen-bond donors (Lipinski definition) is 1. The van der Waals surface area contributed by atoms with E-state index in [0.717, 1.165) is 22.8 Å². The molecule has 2 atom stereocenters. The number of thioether (sulfide) groups is 1. The van der Waals surface area contributed by atoms with Gasteiger partial charge in [0.05, 0.1) is 0 Å². The standard InChI is InChI=1S/C14H21NS/c1-10-7-11(2)9-14(8-10)16-13-5-3-12(15)4-6-13/h3-6,10-11,14H,7-9,15H2,1-2H3. The fourth-order valence-electron chi connectivity index (χ4n) is 2.71. The highest BCUT2D eigenvalue weighted by Crippen LogP contribution is 2.38. The third-order valence-electron chi connectivity index (χ3n) is 3.32. The van der Waals surface area contributed by atoms with Gasteiger partial charge in [0.1, 0.15) is 0 Å². The molecule has 1 aliphatic carbocycles. The summed E-state index contributed by atoms with van der Waals surface area (Å²) in [6.07, 6.45) is 4.12. The Morgan fingerprint density at radius 1 is 1.00 bits per heavy atom. The largest absolute Gasteiger partial charge is 0.399 e. The van der Waals surface area contributed by atoms with Crippen molar-refractivity contribution in [3.8, 4) is 0 Å². The van der Waals surface area contributed by atoms with Crippen molar-refractivity contribution in [1.29, 1.82) is 0 Å². The van der Waals surface area contributed by atoms with Gasteiger partial charge in [-0.2, -0.15) is 0 Å². The number of hydrogen-bond acceptors (Lipinski definition) is 2. The molecule has 1 fully saturated rings. The molecular weight excluding hydrogens is 214 g/mol. The van der Waals surface area contributed by atoms with E-state index in [2.05, 4.69) is 26.0 Å². The van der Waals surface area contributed by atoms with Gasteiger partial charge in [-0.15, -0.1) is 11.8 Å². The molecule has 88 valence electrons. The molecule has 2 N–H and O–H groups in total. The molecule has 2 rings (SSSR count). The molecule has 0 bridgehead atoms. The second-order valence-electron chi connectivity index (χ2n) is 5.23. The van der Waals surface area contributed by atoms with Crippen molar-refractivity contribution in [2.75, 3.05) is 5.73 Å². The molecule has 0 saturated heterocycles. The first-order valence-electron chi connectivity index (χ1n) is 6.15. The molecule has 0 radical (unpaired) electrons. The minimum Gasteiger partial charge on any atom is -0.399 e. The summed E-state index contributed by atoms with van der Waals surface area (Å²) in [6, 6.07) is 8.28. The Hall–Kier alpha value is -0.630. The molecule has 0 aliphatic heterocycles. The van der Waals surface area contributed by atoms with Crippen LogP contribution < -0.4 is 5.73 Å². The fraction of sp³-hybridized carbons (Fsp3) is 0.571. The van der Waals surface area contributed by atoms with Crippen LogP contribution in [0.4, 0.5) is 5.69 Å². The predicted molar refractivity (Wildman–Crippen MR) is 72.7 cm³/mol. The van der Waals surface area contributed by atoms with Gasteiger partial charge >= 0.3 is 0 Å². The van der Waals surface area contributed by atoms with E-state index in [1.54, 1.807) is 0 Å². The lowest BCUT2D eigenvalue weighted by Gasteiger charge is -2.31. The zero-order valence-corrected chi connectivity index (χ0v) is 11.0. The zero-order chi connectivity index (χ0) is 11.5. The summed E-state index contributed by atoms with van der Waals surface area (Å²) >= 11 is 2.03. The summed E-state index contributed by atoms with van der Waals surface area (Å²) in [5.74, 6) is 1.77. The highest BCUT2D eigenvalue weighted by Gasteiger charge is 2.24. The van der Waals surface area contributed by atoms with Crippen molar-refractivity contribution in [2.45, 2.75) is 43.3 Å². The Balaban J connectivity index is 1.96. The van der Waals surface area contributed by atoms with Gasteiger partial charge in [-0.05, 0) is 55.4 Å². The van der Waals surface area contributed by atoms with E-state index in [9.17, 15) is 0 Å². The van der Waals surface area contributed by atoms with Crippen LogP contribution in [0.5, 0.6) is 0 Å². The van der Waals surface area contributed by atoms with Gasteiger partial charge < -0.3 is 5.73 Å². The number of anilines is 1. The second-order valence-corrected chi connectivity index (χ2v) is 6.60. The topological polar surface area (TPSA) is 26.0 Å². The van der Waals surface area contributed by atoms with E-state index in [1.807, 2.05) is 23.9 Å². The van der Waals surface area contributed by atoms with E-state index in [4.69, 9.17) is 5.73 Å². The van der Waals surface area contributed by atoms with Crippen LogP contribution in [-0.2, 0) is 0 Å². The smallest absolute Gasteiger partial charge is 0.0314 e. The molecule has 2 heteroatoms. The number of rotatable bonds is 2. The number of nitrogen functional groups attached to an aromatic ring is 1. The molecule has 0 spiro atoms. The van der Waals surface area contributed by atoms with Gasteiger partial charge in [0, 0.05) is 15.8 Å². The van der Waals surface area contributed by atoms with Gasteiger partial charge in [-0.1, -0.05) is 13.8 Å². The van der Waals surface area contributed by atoms with E-state index >= 15 is 0 Å². The van der Waals surface area contributed by atoms with E-state index in [-0.39, 0.29) is 0 Å². The maximum absolute atomic E-state index is 5.69. The number of benzene rings is 1. The molecule has 1 nitrogen and oxygen atoms in total. The van der Waals surface area contributed by atoms with Crippen LogP contribution in [0, 0.1) is 11.8 Å². The van der Waals surface area contributed by atoms with Crippen LogP contribution in [0.15, 0.2) is 29.2 Å². The second kappa shape index (κ2) is 5.13. The first-order chi connectivity index (χ1) is 7.63. The first kappa shape index (κ1) is 11.8. The summed E-state index contributed by atoms with van der Waals surface area (Å²) in [4.78, 5) is 1.36. The fourth-order valence-corrected chi connectivity index (χ4v) is 4.24. The highest BCUT2D eigenvalue weighted by atomic mass is 32.2. The Morgan fingerprint density at radius 3 is 2.12 bits per heavy atom. The van der Waals surface area contributed by atoms with E-state index in [1.165, 1.54) is 24.2 Å². The normalized spacial score (nSPS) is 30.2. The Kier molecular flexibility index (Phi) is 3.80. The Bertz CT molecular complexity index is 323. The van der Waals surface area contributed by atoms with Crippen molar-refractivity contribution in [3.05, 3.63) is 24.3 Å². The molecule has 1 aliphatic rings. The van der Waals surface area contributed by atoms with Crippen molar-refractivity contribution < 1.29 is 0 Å². The molecular formula is C14H21NS. The maximum Gasteiger partial charge on any atom is 0.0314 e. The summed E-state index contributed by atoms with van der Waals surface area (Å²) in [7, 11) is 0. The first-order valence-corrected chi connectivity index (χ1v) is 7.03. The molecule has 1 aromatic carbocycles. The molecule has 2 unspecified atom stereocenters. The minimum atomic E-state index is 0.794. The van der Waals surface area contributed by atoms with Crippen molar-refractivity contribution in [3.63, 3.8) is 0 Å². The lowest BCUT2D eigenvalue weighted by atomic mass is 9.83. The van der Waals surface area contributed by atoms with Crippen LogP contribution in [0.3, 0.4) is 0 Å². The molecule has 16 heavy (non-hydrogen) atoms. The zero-order valence-electron chi connectivity index (χ0n) is 10.1. The molecule has 0 amide bonds. The maximum atomic E-state index is 5.69. The molecule has 0 heterocycles. The lowest BCUT2D eigenvalue weighted by molar-refractivity contribution is 0.309. The van der Waals surface area contributed by atoms with Crippen LogP contribution in [0.2, 0.25) is 0 Å². The Labute approximate surface area is 103 Å². The third kappa shape index (κ3) is 3.18. The average molecular weight is 235 g/mol. The summed E-state index contributed by atoms with van der Waals surface area (Å²) in [5, 5.41) is 0.794. The summed E-state index contributed by atoms with van der Waals surface area (Å²) in [6.45, 7) is 4.76. The van der Waals surface area contributed by atoms with Gasteiger partial charge in [0.2, 0.25) is 0 Å². The van der Waals surface area contributed by atoms with Crippen molar-refractivity contribution >= 4 is 17.4 Å². The number of nitrogens with two attached hydrogens (primary N) is 1. The van der Waals surface area contributed by atoms with Crippen LogP contribution >= 0.6 is 11.8 Å². The van der Waals surface area contributed by atoms with Crippen molar-refractivity contribution in [2.24, 2.45) is 11.8 Å². The van der Waals surface area contributed by atoms with Crippen LogP contribution in [0.1, 0.15) is 33.1 Å². The van der Waals surface area contributed by atoms with E-state index in [0.29, 0.717) is 0 Å². The van der Waals surface area contributed by atoms with Crippen LogP contribution in [0.25, 0.3) is 0 Å². The van der Waals surface area contributed by atoms with Gasteiger partial charge in [-0.25, -0.2) is 0 Å².